The number of unbranched alkanes of at least 4 members (excludes halogenated alkanes) is 4. The van der Waals surface area contributed by atoms with Crippen molar-refractivity contribution >= 4 is 21.6 Å². The van der Waals surface area contributed by atoms with Crippen LogP contribution in [0.25, 0.3) is 0 Å². The monoisotopic (exact) mass is 361 g/mol. The highest BCUT2D eigenvalue weighted by Crippen LogP contribution is 2.57. The summed E-state index contributed by atoms with van der Waals surface area (Å²) in [5, 5.41) is 0. The zero-order valence-electron chi connectivity index (χ0n) is 13.0. The second-order valence-corrected chi connectivity index (χ2v) is 7.07. The van der Waals surface area contributed by atoms with Gasteiger partial charge in [-0.3, -0.25) is 4.52 Å². The maximum atomic E-state index is 11.1. The van der Waals surface area contributed by atoms with E-state index >= 15 is 0 Å². The van der Waals surface area contributed by atoms with E-state index in [4.69, 9.17) is 16.1 Å². The Hall–Kier alpha value is -0.530. The van der Waals surface area contributed by atoms with E-state index in [1.54, 1.807) is 0 Å². The Kier molecular flexibility index (Phi) is 9.82. The molecule has 22 heavy (non-hydrogen) atoms. The summed E-state index contributed by atoms with van der Waals surface area (Å²) < 4.78 is 41.7. The first-order chi connectivity index (χ1) is 10.6. The molecular formula is C11H22O9P2. The summed E-state index contributed by atoms with van der Waals surface area (Å²) in [7, 11) is -9.83. The summed E-state index contributed by atoms with van der Waals surface area (Å²) in [6.45, 7) is 2.13. The van der Waals surface area contributed by atoms with Crippen molar-refractivity contribution in [3.63, 3.8) is 0 Å². The molecule has 11 heteroatoms. The van der Waals surface area contributed by atoms with Gasteiger partial charge in [-0.25, -0.2) is 13.9 Å². The largest absolute Gasteiger partial charge is 0.481 e. The molecular weight excluding hydrogens is 338 g/mol. The van der Waals surface area contributed by atoms with E-state index in [0.717, 1.165) is 18.9 Å². The van der Waals surface area contributed by atoms with Crippen LogP contribution in [0.5, 0.6) is 0 Å². The number of carbonyl (C=O) groups is 1. The average molecular weight is 361 g/mol. The number of hydrogen-bond donors (Lipinski definition) is 3. The molecule has 0 bridgehead atoms. The van der Waals surface area contributed by atoms with Crippen molar-refractivity contribution in [2.75, 3.05) is 13.2 Å². The molecule has 2 atom stereocenters. The molecule has 0 spiro atoms. The van der Waals surface area contributed by atoms with Crippen LogP contribution in [0.4, 0.5) is 0 Å². The zero-order valence-corrected chi connectivity index (χ0v) is 13.8. The van der Waals surface area contributed by atoms with E-state index in [1.807, 2.05) is 0 Å². The molecule has 0 saturated heterocycles. The van der Waals surface area contributed by atoms with Crippen LogP contribution in [0, 0.1) is 0 Å². The fraction of sp³-hybridized carbons (Fsp3) is 0.727. The van der Waals surface area contributed by atoms with Gasteiger partial charge in [-0.05, 0) is 12.8 Å². The molecule has 0 saturated carbocycles. The third-order valence-electron chi connectivity index (χ3n) is 2.30. The van der Waals surface area contributed by atoms with Gasteiger partial charge in [0.25, 0.3) is 0 Å². The molecule has 0 heterocycles. The number of esters is 1. The summed E-state index contributed by atoms with van der Waals surface area (Å²) in [5.41, 5.74) is 0. The predicted octanol–water partition coefficient (Wildman–Crippen LogP) is 2.28. The van der Waals surface area contributed by atoms with Gasteiger partial charge >= 0.3 is 21.6 Å². The molecule has 0 aliphatic heterocycles. The minimum absolute atomic E-state index is 0.175. The molecule has 130 valence electrons. The molecule has 0 aliphatic rings. The molecule has 9 nitrogen and oxygen atoms in total. The quantitative estimate of drug-likeness (QED) is 0.195. The SMILES string of the molecule is [2H]C(CCCCCCCOP(=O)(O)OP(=O)(O)O)OC(=O)C=C. The summed E-state index contributed by atoms with van der Waals surface area (Å²) >= 11 is 0. The maximum absolute atomic E-state index is 11.1. The Morgan fingerprint density at radius 2 is 1.64 bits per heavy atom. The van der Waals surface area contributed by atoms with Crippen molar-refractivity contribution in [2.45, 2.75) is 38.5 Å². The third kappa shape index (κ3) is 14.4. The molecule has 0 rings (SSSR count). The van der Waals surface area contributed by atoms with E-state index in [0.29, 0.717) is 25.7 Å². The lowest BCUT2D eigenvalue weighted by Gasteiger charge is -2.12. The van der Waals surface area contributed by atoms with Crippen molar-refractivity contribution in [2.24, 2.45) is 0 Å². The normalized spacial score (nSPS) is 16.4. The number of rotatable bonds is 13. The molecule has 0 aromatic heterocycles. The molecule has 0 aromatic carbocycles. The van der Waals surface area contributed by atoms with E-state index in [-0.39, 0.29) is 6.61 Å². The van der Waals surface area contributed by atoms with E-state index in [2.05, 4.69) is 20.2 Å². The average Bonchev–Trinajstić information content (AvgIpc) is 2.38. The van der Waals surface area contributed by atoms with Gasteiger partial charge < -0.3 is 19.4 Å². The van der Waals surface area contributed by atoms with Gasteiger partial charge in [0.05, 0.1) is 14.6 Å². The highest BCUT2D eigenvalue weighted by molar-refractivity contribution is 7.60. The number of phosphoric acid groups is 2. The summed E-state index contributed by atoms with van der Waals surface area (Å²) in [6.07, 6.45) is 4.68. The standard InChI is InChI=1S/C11H22O9P2/c1-2-11(12)18-9-7-5-3-4-6-8-10-19-22(16,17)20-21(13,14)15/h2H,1,3-10H2,(H,16,17)(H2,13,14,15)/i9D. The Morgan fingerprint density at radius 1 is 1.09 bits per heavy atom. The topological polar surface area (TPSA) is 140 Å². The van der Waals surface area contributed by atoms with Gasteiger partial charge in [0.1, 0.15) is 0 Å². The minimum Gasteiger partial charge on any atom is -0.463 e. The van der Waals surface area contributed by atoms with Crippen LogP contribution in [0.1, 0.15) is 39.9 Å². The van der Waals surface area contributed by atoms with Crippen molar-refractivity contribution in [3.05, 3.63) is 12.7 Å². The Labute approximate surface area is 130 Å². The van der Waals surface area contributed by atoms with Crippen LogP contribution in [0.15, 0.2) is 12.7 Å². The smallest absolute Gasteiger partial charge is 0.463 e. The highest BCUT2D eigenvalue weighted by Gasteiger charge is 2.31. The predicted molar refractivity (Wildman–Crippen MR) is 77.8 cm³/mol. The van der Waals surface area contributed by atoms with Crippen LogP contribution < -0.4 is 0 Å². The van der Waals surface area contributed by atoms with E-state index < -0.39 is 28.2 Å². The van der Waals surface area contributed by atoms with Crippen molar-refractivity contribution in [1.29, 1.82) is 0 Å². The van der Waals surface area contributed by atoms with Gasteiger partial charge in [-0.2, -0.15) is 4.31 Å². The van der Waals surface area contributed by atoms with Crippen molar-refractivity contribution in [3.8, 4) is 0 Å². The lowest BCUT2D eigenvalue weighted by atomic mass is 10.1. The van der Waals surface area contributed by atoms with Gasteiger partial charge in [0.2, 0.25) is 0 Å². The zero-order chi connectivity index (χ0) is 17.9. The number of hydrogen-bond acceptors (Lipinski definition) is 6. The molecule has 0 aromatic rings. The number of carbonyl (C=O) groups excluding carboxylic acids is 1. The van der Waals surface area contributed by atoms with Crippen LogP contribution in [0.2, 0.25) is 0 Å². The van der Waals surface area contributed by atoms with Gasteiger partial charge in [0.15, 0.2) is 0 Å². The molecule has 0 amide bonds. The van der Waals surface area contributed by atoms with Crippen LogP contribution in [-0.4, -0.2) is 33.8 Å². The van der Waals surface area contributed by atoms with Crippen LogP contribution in [0.3, 0.4) is 0 Å². The second-order valence-electron chi connectivity index (χ2n) is 4.24. The minimum atomic E-state index is -5.08. The van der Waals surface area contributed by atoms with Gasteiger partial charge in [-0.1, -0.05) is 32.3 Å². The number of phosphoric ester groups is 1. The molecule has 2 unspecified atom stereocenters. The summed E-state index contributed by atoms with van der Waals surface area (Å²) in [5.74, 6) is -0.631. The lowest BCUT2D eigenvalue weighted by molar-refractivity contribution is -0.137. The molecule has 0 radical (unpaired) electrons. The fourth-order valence-electron chi connectivity index (χ4n) is 1.39. The van der Waals surface area contributed by atoms with Crippen LogP contribution in [-0.2, 0) is 27.5 Å². The second kappa shape index (κ2) is 11.1. The molecule has 0 aliphatic carbocycles. The number of ether oxygens (including phenoxy) is 1. The Morgan fingerprint density at radius 3 is 2.18 bits per heavy atom. The molecule has 3 N–H and O–H groups in total. The lowest BCUT2D eigenvalue weighted by Crippen LogP contribution is -2.01. The molecule has 0 fully saturated rings. The maximum Gasteiger partial charge on any atom is 0.481 e. The first-order valence-electron chi connectivity index (χ1n) is 7.13. The first-order valence-corrected chi connectivity index (χ1v) is 9.58. The highest BCUT2D eigenvalue weighted by atomic mass is 31.3. The Bertz CT molecular complexity index is 464. The van der Waals surface area contributed by atoms with Crippen molar-refractivity contribution in [1.82, 2.24) is 0 Å². The first kappa shape index (κ1) is 19.5. The van der Waals surface area contributed by atoms with Crippen LogP contribution >= 0.6 is 15.6 Å². The fourth-order valence-corrected chi connectivity index (χ4v) is 3.01. The summed E-state index contributed by atoms with van der Waals surface area (Å²) in [6, 6.07) is 0. The van der Waals surface area contributed by atoms with E-state index in [1.165, 1.54) is 0 Å². The summed E-state index contributed by atoms with van der Waals surface area (Å²) in [4.78, 5) is 36.6. The van der Waals surface area contributed by atoms with E-state index in [9.17, 15) is 13.9 Å². The van der Waals surface area contributed by atoms with Gasteiger partial charge in [0, 0.05) is 6.08 Å². The van der Waals surface area contributed by atoms with Gasteiger partial charge in [-0.15, -0.1) is 0 Å². The third-order valence-corrected chi connectivity index (χ3v) is 4.48. The van der Waals surface area contributed by atoms with Crippen molar-refractivity contribution < 1.29 is 43.5 Å². The Balaban J connectivity index is 3.60.